The lowest BCUT2D eigenvalue weighted by atomic mass is 9.95. The first-order chi connectivity index (χ1) is 7.74. The van der Waals surface area contributed by atoms with Crippen molar-refractivity contribution in [3.63, 3.8) is 0 Å². The van der Waals surface area contributed by atoms with E-state index in [0.29, 0.717) is 0 Å². The fraction of sp³-hybridized carbons (Fsp3) is 0.143. The smallest absolute Gasteiger partial charge is 0.0670 e. The molecule has 0 saturated carbocycles. The number of hydrazine groups is 1. The zero-order chi connectivity index (χ0) is 11.5. The van der Waals surface area contributed by atoms with Crippen LogP contribution in [0.4, 0.5) is 0 Å². The fourth-order valence-electron chi connectivity index (χ4n) is 2.00. The third-order valence-corrected chi connectivity index (χ3v) is 2.79. The molecule has 2 heteroatoms. The van der Waals surface area contributed by atoms with Gasteiger partial charge in [0, 0.05) is 0 Å². The second-order valence-corrected chi connectivity index (χ2v) is 4.01. The predicted octanol–water partition coefficient (Wildman–Crippen LogP) is 2.92. The van der Waals surface area contributed by atoms with E-state index in [1.165, 1.54) is 16.3 Å². The van der Waals surface area contributed by atoms with Gasteiger partial charge in [-0.2, -0.15) is 0 Å². The molecule has 0 saturated heterocycles. The normalized spacial score (nSPS) is 12.6. The van der Waals surface area contributed by atoms with Crippen LogP contribution in [0.15, 0.2) is 54.6 Å². The Kier molecular flexibility index (Phi) is 3.04. The highest BCUT2D eigenvalue weighted by Gasteiger charge is 2.12. The van der Waals surface area contributed by atoms with Gasteiger partial charge in [-0.15, -0.1) is 0 Å². The minimum atomic E-state index is 0.00565. The van der Waals surface area contributed by atoms with Crippen molar-refractivity contribution < 1.29 is 0 Å². The molecule has 82 valence electrons. The van der Waals surface area contributed by atoms with Gasteiger partial charge in [0.25, 0.3) is 0 Å². The molecule has 0 aliphatic heterocycles. The molecule has 3 N–H and O–H groups in total. The molecule has 0 heterocycles. The van der Waals surface area contributed by atoms with Crippen LogP contribution in [-0.2, 0) is 0 Å². The van der Waals surface area contributed by atoms with E-state index in [1.807, 2.05) is 25.1 Å². The summed E-state index contributed by atoms with van der Waals surface area (Å²) in [5.74, 6) is 5.59. The lowest BCUT2D eigenvalue weighted by molar-refractivity contribution is 0.631. The molecule has 2 aromatic carbocycles. The maximum atomic E-state index is 5.59. The molecular formula is C14H16N2. The summed E-state index contributed by atoms with van der Waals surface area (Å²) in [5.41, 5.74) is 5.00. The van der Waals surface area contributed by atoms with Crippen molar-refractivity contribution in [3.05, 3.63) is 60.2 Å². The van der Waals surface area contributed by atoms with Crippen molar-refractivity contribution in [1.29, 1.82) is 0 Å². The maximum Gasteiger partial charge on any atom is 0.0670 e. The van der Waals surface area contributed by atoms with Crippen LogP contribution in [0, 0.1) is 0 Å². The average Bonchev–Trinajstić information content (AvgIpc) is 2.30. The van der Waals surface area contributed by atoms with Gasteiger partial charge < -0.3 is 0 Å². The van der Waals surface area contributed by atoms with Gasteiger partial charge in [0.05, 0.1) is 6.04 Å². The first kappa shape index (κ1) is 10.9. The number of nitrogens with two attached hydrogens (primary N) is 1. The van der Waals surface area contributed by atoms with Crippen molar-refractivity contribution in [2.45, 2.75) is 13.0 Å². The number of fused-ring (bicyclic) bond motifs is 1. The van der Waals surface area contributed by atoms with Crippen molar-refractivity contribution in [1.82, 2.24) is 5.43 Å². The van der Waals surface area contributed by atoms with E-state index in [2.05, 4.69) is 36.3 Å². The van der Waals surface area contributed by atoms with Crippen LogP contribution in [-0.4, -0.2) is 0 Å². The van der Waals surface area contributed by atoms with Crippen LogP contribution in [0.3, 0.4) is 0 Å². The summed E-state index contributed by atoms with van der Waals surface area (Å²) in [6.45, 7) is 5.95. The average molecular weight is 212 g/mol. The Bertz CT molecular complexity index is 512. The molecule has 0 radical (unpaired) electrons. The van der Waals surface area contributed by atoms with Crippen LogP contribution in [0.5, 0.6) is 0 Å². The molecule has 16 heavy (non-hydrogen) atoms. The monoisotopic (exact) mass is 212 g/mol. The summed E-state index contributed by atoms with van der Waals surface area (Å²) in [4.78, 5) is 0. The highest BCUT2D eigenvalue weighted by Crippen LogP contribution is 2.27. The topological polar surface area (TPSA) is 38.0 Å². The third-order valence-electron chi connectivity index (χ3n) is 2.79. The highest BCUT2D eigenvalue weighted by molar-refractivity contribution is 5.86. The van der Waals surface area contributed by atoms with Gasteiger partial charge in [-0.25, -0.2) is 5.43 Å². The molecule has 0 aliphatic rings. The Morgan fingerprint density at radius 2 is 1.88 bits per heavy atom. The van der Waals surface area contributed by atoms with E-state index in [0.717, 1.165) is 5.57 Å². The SMILES string of the molecule is C=C(C)C(NN)c1cccc2ccccc12. The third kappa shape index (κ3) is 1.85. The Labute approximate surface area is 95.7 Å². The zero-order valence-electron chi connectivity index (χ0n) is 9.40. The summed E-state index contributed by atoms with van der Waals surface area (Å²) in [7, 11) is 0. The molecule has 0 fully saturated rings. The number of benzene rings is 2. The van der Waals surface area contributed by atoms with Crippen LogP contribution in [0.25, 0.3) is 10.8 Å². The predicted molar refractivity (Wildman–Crippen MR) is 68.8 cm³/mol. The largest absolute Gasteiger partial charge is 0.271 e. The number of rotatable bonds is 3. The summed E-state index contributed by atoms with van der Waals surface area (Å²) in [6.07, 6.45) is 0. The first-order valence-corrected chi connectivity index (χ1v) is 5.33. The number of hydrogen-bond acceptors (Lipinski definition) is 2. The molecule has 1 unspecified atom stereocenters. The number of nitrogens with one attached hydrogen (secondary N) is 1. The van der Waals surface area contributed by atoms with E-state index < -0.39 is 0 Å². The quantitative estimate of drug-likeness (QED) is 0.466. The van der Waals surface area contributed by atoms with Crippen molar-refractivity contribution in [3.8, 4) is 0 Å². The van der Waals surface area contributed by atoms with Gasteiger partial charge in [0.2, 0.25) is 0 Å². The molecule has 0 bridgehead atoms. The molecule has 2 rings (SSSR count). The van der Waals surface area contributed by atoms with Gasteiger partial charge in [-0.3, -0.25) is 5.84 Å². The summed E-state index contributed by atoms with van der Waals surface area (Å²) < 4.78 is 0. The Morgan fingerprint density at radius 1 is 1.19 bits per heavy atom. The Hall–Kier alpha value is -1.64. The zero-order valence-corrected chi connectivity index (χ0v) is 9.40. The second kappa shape index (κ2) is 4.47. The summed E-state index contributed by atoms with van der Waals surface area (Å²) in [6, 6.07) is 14.5. The maximum absolute atomic E-state index is 5.59. The molecule has 2 aromatic rings. The van der Waals surface area contributed by atoms with Crippen molar-refractivity contribution >= 4 is 10.8 Å². The lowest BCUT2D eigenvalue weighted by Crippen LogP contribution is -2.28. The van der Waals surface area contributed by atoms with Gasteiger partial charge in [-0.1, -0.05) is 54.6 Å². The van der Waals surface area contributed by atoms with Gasteiger partial charge in [0.1, 0.15) is 0 Å². The van der Waals surface area contributed by atoms with Crippen LogP contribution in [0.2, 0.25) is 0 Å². The lowest BCUT2D eigenvalue weighted by Gasteiger charge is -2.18. The van der Waals surface area contributed by atoms with E-state index >= 15 is 0 Å². The number of hydrogen-bond donors (Lipinski definition) is 2. The second-order valence-electron chi connectivity index (χ2n) is 4.01. The minimum absolute atomic E-state index is 0.00565. The molecule has 0 aliphatic carbocycles. The van der Waals surface area contributed by atoms with E-state index in [9.17, 15) is 0 Å². The highest BCUT2D eigenvalue weighted by atomic mass is 15.2. The molecule has 0 amide bonds. The van der Waals surface area contributed by atoms with Gasteiger partial charge in [-0.05, 0) is 23.3 Å². The molecule has 2 nitrogen and oxygen atoms in total. The van der Waals surface area contributed by atoms with Crippen molar-refractivity contribution in [2.24, 2.45) is 5.84 Å². The first-order valence-electron chi connectivity index (χ1n) is 5.33. The van der Waals surface area contributed by atoms with Gasteiger partial charge >= 0.3 is 0 Å². The van der Waals surface area contributed by atoms with Gasteiger partial charge in [0.15, 0.2) is 0 Å². The van der Waals surface area contributed by atoms with Crippen LogP contribution < -0.4 is 11.3 Å². The van der Waals surface area contributed by atoms with Crippen LogP contribution >= 0.6 is 0 Å². The van der Waals surface area contributed by atoms with E-state index in [4.69, 9.17) is 5.84 Å². The standard InChI is InChI=1S/C14H16N2/c1-10(2)14(16-15)13-9-5-7-11-6-3-4-8-12(11)13/h3-9,14,16H,1,15H2,2H3. The van der Waals surface area contributed by atoms with E-state index in [1.54, 1.807) is 0 Å². The Morgan fingerprint density at radius 3 is 2.56 bits per heavy atom. The molecule has 0 aromatic heterocycles. The molecular weight excluding hydrogens is 196 g/mol. The Balaban J connectivity index is 2.63. The molecule has 0 spiro atoms. The van der Waals surface area contributed by atoms with E-state index in [-0.39, 0.29) is 6.04 Å². The minimum Gasteiger partial charge on any atom is -0.271 e. The van der Waals surface area contributed by atoms with Crippen molar-refractivity contribution in [2.75, 3.05) is 0 Å². The molecule has 1 atom stereocenters. The summed E-state index contributed by atoms with van der Waals surface area (Å²) in [5, 5.41) is 2.44. The van der Waals surface area contributed by atoms with Crippen LogP contribution in [0.1, 0.15) is 18.5 Å². The summed E-state index contributed by atoms with van der Waals surface area (Å²) >= 11 is 0. The fourth-order valence-corrected chi connectivity index (χ4v) is 2.00.